The van der Waals surface area contributed by atoms with Gasteiger partial charge in [-0.1, -0.05) is 42.5 Å². The SMILES string of the molecule is CC(N=CC(F)(F)F)c1cccc2ccccc12. The first-order valence-electron chi connectivity index (χ1n) is 5.56. The maximum absolute atomic E-state index is 12.1. The number of nitrogens with zero attached hydrogens (tertiary/aromatic N) is 1. The van der Waals surface area contributed by atoms with E-state index in [9.17, 15) is 13.2 Å². The predicted molar refractivity (Wildman–Crippen MR) is 66.9 cm³/mol. The third-order valence-electron chi connectivity index (χ3n) is 2.72. The molecule has 4 heteroatoms. The number of hydrogen-bond donors (Lipinski definition) is 0. The molecule has 2 rings (SSSR count). The van der Waals surface area contributed by atoms with Gasteiger partial charge in [0.05, 0.1) is 6.04 Å². The Morgan fingerprint density at radius 1 is 1.06 bits per heavy atom. The quantitative estimate of drug-likeness (QED) is 0.695. The summed E-state index contributed by atoms with van der Waals surface area (Å²) in [5.41, 5.74) is 0.800. The molecule has 0 heterocycles. The molecule has 2 aromatic rings. The fourth-order valence-corrected chi connectivity index (χ4v) is 1.89. The normalized spacial score (nSPS) is 14.2. The van der Waals surface area contributed by atoms with Crippen molar-refractivity contribution in [2.45, 2.75) is 19.1 Å². The molecule has 0 aliphatic carbocycles. The second kappa shape index (κ2) is 4.80. The molecule has 0 aliphatic rings. The van der Waals surface area contributed by atoms with E-state index in [1.807, 2.05) is 36.4 Å². The van der Waals surface area contributed by atoms with E-state index < -0.39 is 12.2 Å². The number of fused-ring (bicyclic) bond motifs is 1. The summed E-state index contributed by atoms with van der Waals surface area (Å²) >= 11 is 0. The first-order valence-corrected chi connectivity index (χ1v) is 5.56. The molecule has 94 valence electrons. The lowest BCUT2D eigenvalue weighted by molar-refractivity contribution is -0.0538. The zero-order chi connectivity index (χ0) is 13.2. The van der Waals surface area contributed by atoms with E-state index in [2.05, 4.69) is 4.99 Å². The van der Waals surface area contributed by atoms with E-state index in [-0.39, 0.29) is 6.21 Å². The van der Waals surface area contributed by atoms with Crippen molar-refractivity contribution in [2.75, 3.05) is 0 Å². The number of halogens is 3. The Morgan fingerprint density at radius 3 is 2.44 bits per heavy atom. The number of alkyl halides is 3. The van der Waals surface area contributed by atoms with Gasteiger partial charge in [-0.05, 0) is 23.3 Å². The van der Waals surface area contributed by atoms with E-state index in [1.165, 1.54) is 0 Å². The second-order valence-electron chi connectivity index (χ2n) is 4.06. The lowest BCUT2D eigenvalue weighted by Crippen LogP contribution is -2.09. The van der Waals surface area contributed by atoms with Crippen LogP contribution in [-0.2, 0) is 0 Å². The van der Waals surface area contributed by atoms with Crippen LogP contribution in [0, 0.1) is 0 Å². The topological polar surface area (TPSA) is 12.4 Å². The van der Waals surface area contributed by atoms with Crippen LogP contribution < -0.4 is 0 Å². The van der Waals surface area contributed by atoms with Crippen molar-refractivity contribution < 1.29 is 13.2 Å². The maximum Gasteiger partial charge on any atom is 0.426 e. The summed E-state index contributed by atoms with van der Waals surface area (Å²) in [5.74, 6) is 0. The Labute approximate surface area is 103 Å². The van der Waals surface area contributed by atoms with Crippen molar-refractivity contribution >= 4 is 17.0 Å². The lowest BCUT2D eigenvalue weighted by atomic mass is 10.0. The fraction of sp³-hybridized carbons (Fsp3) is 0.214. The van der Waals surface area contributed by atoms with Crippen LogP contribution in [0.3, 0.4) is 0 Å². The predicted octanol–water partition coefficient (Wildman–Crippen LogP) is 4.53. The minimum absolute atomic E-state index is 0.0550. The molecule has 0 bridgehead atoms. The van der Waals surface area contributed by atoms with Gasteiger partial charge in [0.1, 0.15) is 6.21 Å². The van der Waals surface area contributed by atoms with E-state index in [1.54, 1.807) is 13.0 Å². The van der Waals surface area contributed by atoms with Gasteiger partial charge < -0.3 is 0 Å². The lowest BCUT2D eigenvalue weighted by Gasteiger charge is -2.11. The third kappa shape index (κ3) is 2.88. The molecule has 0 fully saturated rings. The Balaban J connectivity index is 2.39. The molecule has 0 saturated carbocycles. The van der Waals surface area contributed by atoms with Crippen LogP contribution in [0.4, 0.5) is 13.2 Å². The van der Waals surface area contributed by atoms with Crippen LogP contribution in [0.2, 0.25) is 0 Å². The van der Waals surface area contributed by atoms with Gasteiger partial charge in [0.15, 0.2) is 0 Å². The highest BCUT2D eigenvalue weighted by Crippen LogP contribution is 2.26. The molecule has 18 heavy (non-hydrogen) atoms. The molecule has 2 aromatic carbocycles. The van der Waals surface area contributed by atoms with E-state index in [4.69, 9.17) is 0 Å². The Kier molecular flexibility index (Phi) is 3.36. The van der Waals surface area contributed by atoms with Gasteiger partial charge in [-0.2, -0.15) is 13.2 Å². The summed E-state index contributed by atoms with van der Waals surface area (Å²) in [4.78, 5) is 3.57. The molecule has 1 atom stereocenters. The van der Waals surface area contributed by atoms with Crippen molar-refractivity contribution in [3.05, 3.63) is 48.0 Å². The standard InChI is InChI=1S/C14H12F3N/c1-10(18-9-14(15,16)17)12-8-4-6-11-5-2-3-7-13(11)12/h2-10H,1H3. The maximum atomic E-state index is 12.1. The van der Waals surface area contributed by atoms with Crippen molar-refractivity contribution in [2.24, 2.45) is 4.99 Å². The summed E-state index contributed by atoms with van der Waals surface area (Å²) in [5, 5.41) is 1.94. The smallest absolute Gasteiger partial charge is 0.280 e. The third-order valence-corrected chi connectivity index (χ3v) is 2.72. The van der Waals surface area contributed by atoms with Crippen molar-refractivity contribution in [1.82, 2.24) is 0 Å². The number of hydrogen-bond acceptors (Lipinski definition) is 1. The van der Waals surface area contributed by atoms with Gasteiger partial charge in [-0.25, -0.2) is 0 Å². The minimum atomic E-state index is -4.36. The molecule has 0 radical (unpaired) electrons. The zero-order valence-corrected chi connectivity index (χ0v) is 9.78. The van der Waals surface area contributed by atoms with Crippen LogP contribution in [-0.4, -0.2) is 12.4 Å². The Hall–Kier alpha value is -1.84. The zero-order valence-electron chi connectivity index (χ0n) is 9.78. The van der Waals surface area contributed by atoms with E-state index in [0.29, 0.717) is 0 Å². The monoisotopic (exact) mass is 251 g/mol. The average Bonchev–Trinajstić information content (AvgIpc) is 2.34. The summed E-state index contributed by atoms with van der Waals surface area (Å²) in [7, 11) is 0. The van der Waals surface area contributed by atoms with Crippen LogP contribution in [0.25, 0.3) is 10.8 Å². The molecule has 0 aliphatic heterocycles. The van der Waals surface area contributed by atoms with Gasteiger partial charge in [0.2, 0.25) is 0 Å². The van der Waals surface area contributed by atoms with Crippen LogP contribution in [0.1, 0.15) is 18.5 Å². The van der Waals surface area contributed by atoms with E-state index >= 15 is 0 Å². The number of aliphatic imine (C=N–C) groups is 1. The first-order chi connectivity index (χ1) is 8.47. The number of rotatable bonds is 2. The van der Waals surface area contributed by atoms with Crippen LogP contribution in [0.15, 0.2) is 47.5 Å². The van der Waals surface area contributed by atoms with E-state index in [0.717, 1.165) is 16.3 Å². The van der Waals surface area contributed by atoms with Crippen LogP contribution >= 0.6 is 0 Å². The summed E-state index contributed by atoms with van der Waals surface area (Å²) in [6.07, 6.45) is -4.31. The Bertz CT molecular complexity index is 567. The summed E-state index contributed by atoms with van der Waals surface area (Å²) in [6.45, 7) is 1.66. The highest BCUT2D eigenvalue weighted by molar-refractivity contribution is 5.86. The van der Waals surface area contributed by atoms with Gasteiger partial charge in [-0.15, -0.1) is 0 Å². The van der Waals surface area contributed by atoms with Crippen molar-refractivity contribution in [3.8, 4) is 0 Å². The molecule has 0 aromatic heterocycles. The highest BCUT2D eigenvalue weighted by atomic mass is 19.4. The average molecular weight is 251 g/mol. The minimum Gasteiger partial charge on any atom is -0.280 e. The number of benzene rings is 2. The van der Waals surface area contributed by atoms with Gasteiger partial charge in [-0.3, -0.25) is 4.99 Å². The van der Waals surface area contributed by atoms with Crippen molar-refractivity contribution in [1.29, 1.82) is 0 Å². The summed E-state index contributed by atoms with van der Waals surface area (Å²) in [6, 6.07) is 12.6. The second-order valence-corrected chi connectivity index (χ2v) is 4.06. The molecule has 1 unspecified atom stereocenters. The molecule has 0 amide bonds. The fourth-order valence-electron chi connectivity index (χ4n) is 1.89. The first kappa shape index (κ1) is 12.6. The molecular formula is C14H12F3N. The molecule has 0 N–H and O–H groups in total. The van der Waals surface area contributed by atoms with Gasteiger partial charge >= 0.3 is 6.18 Å². The van der Waals surface area contributed by atoms with Crippen LogP contribution in [0.5, 0.6) is 0 Å². The molecular weight excluding hydrogens is 239 g/mol. The molecule has 0 saturated heterocycles. The highest BCUT2D eigenvalue weighted by Gasteiger charge is 2.24. The largest absolute Gasteiger partial charge is 0.426 e. The Morgan fingerprint density at radius 2 is 1.72 bits per heavy atom. The molecule has 1 nitrogen and oxygen atoms in total. The summed E-state index contributed by atoms with van der Waals surface area (Å²) < 4.78 is 36.3. The van der Waals surface area contributed by atoms with Gasteiger partial charge in [0, 0.05) is 0 Å². The van der Waals surface area contributed by atoms with Crippen molar-refractivity contribution in [3.63, 3.8) is 0 Å². The van der Waals surface area contributed by atoms with Gasteiger partial charge in [0.25, 0.3) is 0 Å². The molecule has 0 spiro atoms.